The summed E-state index contributed by atoms with van der Waals surface area (Å²) in [4.78, 5) is 0. The molecule has 0 spiro atoms. The maximum absolute atomic E-state index is 6.73. The van der Waals surface area contributed by atoms with Crippen molar-refractivity contribution in [3.63, 3.8) is 0 Å². The van der Waals surface area contributed by atoms with E-state index in [4.69, 9.17) is 5.73 Å². The minimum absolute atomic E-state index is 0.160. The Labute approximate surface area is 105 Å². The third-order valence-electron chi connectivity index (χ3n) is 3.89. The first-order valence-corrected chi connectivity index (χ1v) is 6.57. The van der Waals surface area contributed by atoms with Gasteiger partial charge in [-0.2, -0.15) is 0 Å². The molecule has 94 valence electrons. The fraction of sp³-hybridized carbons (Fsp3) is 0.625. The van der Waals surface area contributed by atoms with E-state index in [-0.39, 0.29) is 5.54 Å². The molecule has 2 N–H and O–H groups in total. The van der Waals surface area contributed by atoms with Crippen LogP contribution in [-0.4, -0.2) is 0 Å². The van der Waals surface area contributed by atoms with Crippen LogP contribution in [0, 0.1) is 10.8 Å². The second-order valence-corrected chi connectivity index (χ2v) is 7.38. The van der Waals surface area contributed by atoms with E-state index in [0.717, 1.165) is 12.8 Å². The van der Waals surface area contributed by atoms with Crippen LogP contribution in [0.5, 0.6) is 0 Å². The normalized spacial score (nSPS) is 25.5. The molecule has 1 fully saturated rings. The number of hydrogen-bond acceptors (Lipinski definition) is 1. The van der Waals surface area contributed by atoms with E-state index >= 15 is 0 Å². The maximum Gasteiger partial charge on any atom is 0.0419 e. The number of rotatable bonds is 1. The van der Waals surface area contributed by atoms with Gasteiger partial charge in [-0.3, -0.25) is 0 Å². The van der Waals surface area contributed by atoms with Crippen molar-refractivity contribution in [1.29, 1.82) is 0 Å². The van der Waals surface area contributed by atoms with Crippen LogP contribution in [0.25, 0.3) is 0 Å². The maximum atomic E-state index is 6.73. The molecule has 0 atom stereocenters. The molecule has 0 radical (unpaired) electrons. The Kier molecular flexibility index (Phi) is 2.86. The molecule has 1 aliphatic rings. The summed E-state index contributed by atoms with van der Waals surface area (Å²) in [7, 11) is 0. The van der Waals surface area contributed by atoms with Gasteiger partial charge in [0.25, 0.3) is 0 Å². The summed E-state index contributed by atoms with van der Waals surface area (Å²) in [5, 5.41) is 0. The Balaban J connectivity index is 2.37. The zero-order valence-corrected chi connectivity index (χ0v) is 11.6. The van der Waals surface area contributed by atoms with Gasteiger partial charge in [-0.15, -0.1) is 0 Å². The van der Waals surface area contributed by atoms with Crippen LogP contribution in [0.4, 0.5) is 0 Å². The minimum atomic E-state index is -0.160. The zero-order valence-electron chi connectivity index (χ0n) is 11.6. The average Bonchev–Trinajstić information content (AvgIpc) is 2.13. The van der Waals surface area contributed by atoms with Crippen LogP contribution >= 0.6 is 0 Å². The summed E-state index contributed by atoms with van der Waals surface area (Å²) < 4.78 is 0. The molecule has 17 heavy (non-hydrogen) atoms. The van der Waals surface area contributed by atoms with Crippen LogP contribution in [0.2, 0.25) is 0 Å². The summed E-state index contributed by atoms with van der Waals surface area (Å²) in [5.74, 6) is 0. The van der Waals surface area contributed by atoms with E-state index in [1.165, 1.54) is 12.0 Å². The highest BCUT2D eigenvalue weighted by molar-refractivity contribution is 5.26. The number of hydrogen-bond donors (Lipinski definition) is 1. The molecular weight excluding hydrogens is 206 g/mol. The quantitative estimate of drug-likeness (QED) is 0.774. The monoisotopic (exact) mass is 231 g/mol. The van der Waals surface area contributed by atoms with Crippen molar-refractivity contribution in [3.8, 4) is 0 Å². The molecule has 0 heterocycles. The smallest absolute Gasteiger partial charge is 0.0419 e. The van der Waals surface area contributed by atoms with Gasteiger partial charge in [0, 0.05) is 5.54 Å². The average molecular weight is 231 g/mol. The van der Waals surface area contributed by atoms with E-state index in [0.29, 0.717) is 10.8 Å². The first-order chi connectivity index (χ1) is 7.73. The van der Waals surface area contributed by atoms with Crippen LogP contribution in [0.1, 0.15) is 52.5 Å². The van der Waals surface area contributed by atoms with Crippen molar-refractivity contribution < 1.29 is 0 Å². The van der Waals surface area contributed by atoms with Crippen molar-refractivity contribution in [2.75, 3.05) is 0 Å². The summed E-state index contributed by atoms with van der Waals surface area (Å²) in [5.41, 5.74) is 8.52. The SMILES string of the molecule is CC1(C)CC(C)(C)CC(N)(c2ccccc2)C1. The second-order valence-electron chi connectivity index (χ2n) is 7.38. The molecular formula is C16H25N. The summed E-state index contributed by atoms with van der Waals surface area (Å²) in [6.07, 6.45) is 3.41. The lowest BCUT2D eigenvalue weighted by Gasteiger charge is -2.50. The Morgan fingerprint density at radius 3 is 1.76 bits per heavy atom. The lowest BCUT2D eigenvalue weighted by atomic mass is 9.57. The Bertz CT molecular complexity index is 373. The molecule has 0 amide bonds. The Morgan fingerprint density at radius 2 is 1.29 bits per heavy atom. The largest absolute Gasteiger partial charge is 0.321 e. The van der Waals surface area contributed by atoms with Crippen LogP contribution in [0.15, 0.2) is 30.3 Å². The minimum Gasteiger partial charge on any atom is -0.321 e. The van der Waals surface area contributed by atoms with Crippen molar-refractivity contribution >= 4 is 0 Å². The highest BCUT2D eigenvalue weighted by Gasteiger charge is 2.45. The van der Waals surface area contributed by atoms with E-state index in [2.05, 4.69) is 58.0 Å². The van der Waals surface area contributed by atoms with Crippen molar-refractivity contribution in [3.05, 3.63) is 35.9 Å². The summed E-state index contributed by atoms with van der Waals surface area (Å²) in [6.45, 7) is 9.38. The third kappa shape index (κ3) is 2.71. The molecule has 1 saturated carbocycles. The topological polar surface area (TPSA) is 26.0 Å². The van der Waals surface area contributed by atoms with Crippen LogP contribution in [-0.2, 0) is 5.54 Å². The van der Waals surface area contributed by atoms with Crippen molar-refractivity contribution in [2.24, 2.45) is 16.6 Å². The predicted octanol–water partition coefficient (Wildman–Crippen LogP) is 4.08. The molecule has 1 aliphatic carbocycles. The van der Waals surface area contributed by atoms with Gasteiger partial charge in [0.05, 0.1) is 0 Å². The molecule has 0 saturated heterocycles. The van der Waals surface area contributed by atoms with Gasteiger partial charge in [0.15, 0.2) is 0 Å². The fourth-order valence-electron chi connectivity index (χ4n) is 4.17. The highest BCUT2D eigenvalue weighted by atomic mass is 14.8. The Hall–Kier alpha value is -0.820. The van der Waals surface area contributed by atoms with Gasteiger partial charge in [-0.05, 0) is 35.7 Å². The van der Waals surface area contributed by atoms with Crippen LogP contribution < -0.4 is 5.73 Å². The molecule has 0 aromatic heterocycles. The standard InChI is InChI=1S/C16H25N/c1-14(2)10-15(3,4)12-16(17,11-14)13-8-6-5-7-9-13/h5-9H,10-12,17H2,1-4H3. The van der Waals surface area contributed by atoms with Gasteiger partial charge < -0.3 is 5.73 Å². The van der Waals surface area contributed by atoms with Gasteiger partial charge in [-0.25, -0.2) is 0 Å². The summed E-state index contributed by atoms with van der Waals surface area (Å²) in [6, 6.07) is 10.6. The Morgan fingerprint density at radius 1 is 0.824 bits per heavy atom. The fourth-order valence-corrected chi connectivity index (χ4v) is 4.17. The van der Waals surface area contributed by atoms with Crippen molar-refractivity contribution in [2.45, 2.75) is 52.5 Å². The van der Waals surface area contributed by atoms with E-state index in [9.17, 15) is 0 Å². The molecule has 1 nitrogen and oxygen atoms in total. The molecule has 1 heteroatoms. The number of nitrogens with two attached hydrogens (primary N) is 1. The van der Waals surface area contributed by atoms with E-state index in [1.807, 2.05) is 0 Å². The van der Waals surface area contributed by atoms with Gasteiger partial charge in [-0.1, -0.05) is 58.0 Å². The molecule has 1 aromatic rings. The molecule has 0 unspecified atom stereocenters. The van der Waals surface area contributed by atoms with E-state index in [1.54, 1.807) is 0 Å². The second kappa shape index (κ2) is 3.84. The first kappa shape index (κ1) is 12.6. The van der Waals surface area contributed by atoms with E-state index < -0.39 is 0 Å². The van der Waals surface area contributed by atoms with Crippen molar-refractivity contribution in [1.82, 2.24) is 0 Å². The highest BCUT2D eigenvalue weighted by Crippen LogP contribution is 2.52. The van der Waals surface area contributed by atoms with Gasteiger partial charge in [0.2, 0.25) is 0 Å². The molecule has 0 aliphatic heterocycles. The summed E-state index contributed by atoms with van der Waals surface area (Å²) >= 11 is 0. The number of benzene rings is 1. The predicted molar refractivity (Wildman–Crippen MR) is 73.7 cm³/mol. The zero-order chi connectivity index (χ0) is 12.7. The van der Waals surface area contributed by atoms with Gasteiger partial charge in [0.1, 0.15) is 0 Å². The third-order valence-corrected chi connectivity index (χ3v) is 3.89. The van der Waals surface area contributed by atoms with Crippen LogP contribution in [0.3, 0.4) is 0 Å². The lowest BCUT2D eigenvalue weighted by Crippen LogP contribution is -2.49. The van der Waals surface area contributed by atoms with Gasteiger partial charge >= 0.3 is 0 Å². The lowest BCUT2D eigenvalue weighted by molar-refractivity contribution is 0.0470. The first-order valence-electron chi connectivity index (χ1n) is 6.57. The molecule has 2 rings (SSSR count). The molecule has 1 aromatic carbocycles. The molecule has 0 bridgehead atoms.